The molecule has 1 aliphatic heterocycles. The Bertz CT molecular complexity index is 854. The first-order valence-electron chi connectivity index (χ1n) is 9.80. The van der Waals surface area contributed by atoms with Gasteiger partial charge in [0.15, 0.2) is 0 Å². The van der Waals surface area contributed by atoms with Crippen molar-refractivity contribution in [3.63, 3.8) is 0 Å². The van der Waals surface area contributed by atoms with E-state index in [2.05, 4.69) is 15.1 Å². The molecule has 1 heterocycles. The lowest BCUT2D eigenvalue weighted by Gasteiger charge is -2.34. The number of anilines is 1. The van der Waals surface area contributed by atoms with Gasteiger partial charge in [-0.05, 0) is 18.2 Å². The molecule has 2 aromatic carbocycles. The van der Waals surface area contributed by atoms with Crippen LogP contribution >= 0.6 is 0 Å². The van der Waals surface area contributed by atoms with Crippen LogP contribution < -0.4 is 14.8 Å². The van der Waals surface area contributed by atoms with Crippen LogP contribution in [0, 0.1) is 10.1 Å². The van der Waals surface area contributed by atoms with Gasteiger partial charge in [-0.1, -0.05) is 18.2 Å². The van der Waals surface area contributed by atoms with E-state index in [1.54, 1.807) is 0 Å². The van der Waals surface area contributed by atoms with Gasteiger partial charge in [-0.25, -0.2) is 0 Å². The summed E-state index contributed by atoms with van der Waals surface area (Å²) in [5, 5.41) is 13.7. The van der Waals surface area contributed by atoms with Crippen LogP contribution in [0.5, 0.6) is 11.5 Å². The highest BCUT2D eigenvalue weighted by Crippen LogP contribution is 2.28. The standard InChI is InChI=1S/C21H26N4O5/c1-29-20-15-17(25(27)28)7-8-19(20)22-21(26)16-24-11-9-23(10-12-24)13-14-30-18-5-3-2-4-6-18/h2-8,15H,9-14,16H2,1H3,(H,22,26). The van der Waals surface area contributed by atoms with Gasteiger partial charge in [-0.2, -0.15) is 0 Å². The lowest BCUT2D eigenvalue weighted by Crippen LogP contribution is -2.49. The predicted molar refractivity (Wildman–Crippen MR) is 113 cm³/mol. The number of carbonyl (C=O) groups is 1. The number of carbonyl (C=O) groups excluding carboxylic acids is 1. The highest BCUT2D eigenvalue weighted by atomic mass is 16.6. The molecule has 0 bridgehead atoms. The summed E-state index contributed by atoms with van der Waals surface area (Å²) < 4.78 is 10.9. The van der Waals surface area contributed by atoms with Gasteiger partial charge in [-0.3, -0.25) is 24.7 Å². The monoisotopic (exact) mass is 414 g/mol. The lowest BCUT2D eigenvalue weighted by molar-refractivity contribution is -0.384. The van der Waals surface area contributed by atoms with Crippen molar-refractivity contribution < 1.29 is 19.2 Å². The van der Waals surface area contributed by atoms with E-state index in [0.717, 1.165) is 38.5 Å². The van der Waals surface area contributed by atoms with Gasteiger partial charge in [0.2, 0.25) is 5.91 Å². The Kier molecular flexibility index (Phi) is 7.58. The largest absolute Gasteiger partial charge is 0.494 e. The predicted octanol–water partition coefficient (Wildman–Crippen LogP) is 2.24. The Balaban J connectivity index is 1.40. The number of nitrogens with one attached hydrogen (secondary N) is 1. The third-order valence-electron chi connectivity index (χ3n) is 4.92. The highest BCUT2D eigenvalue weighted by molar-refractivity contribution is 5.93. The first-order valence-corrected chi connectivity index (χ1v) is 9.80. The molecular formula is C21H26N4O5. The Morgan fingerprint density at radius 1 is 1.10 bits per heavy atom. The van der Waals surface area contributed by atoms with Crippen LogP contribution in [0.25, 0.3) is 0 Å². The minimum absolute atomic E-state index is 0.0859. The van der Waals surface area contributed by atoms with Crippen LogP contribution in [0.15, 0.2) is 48.5 Å². The molecule has 30 heavy (non-hydrogen) atoms. The number of amides is 1. The maximum atomic E-state index is 12.4. The summed E-state index contributed by atoms with van der Waals surface area (Å²) in [6.45, 7) is 5.04. The van der Waals surface area contributed by atoms with Gasteiger partial charge in [-0.15, -0.1) is 0 Å². The fourth-order valence-corrected chi connectivity index (χ4v) is 3.27. The maximum absolute atomic E-state index is 12.4. The molecule has 0 unspecified atom stereocenters. The molecule has 0 spiro atoms. The molecule has 1 N–H and O–H groups in total. The van der Waals surface area contributed by atoms with Crippen molar-refractivity contribution in [1.82, 2.24) is 9.80 Å². The van der Waals surface area contributed by atoms with Crippen molar-refractivity contribution in [1.29, 1.82) is 0 Å². The molecule has 9 nitrogen and oxygen atoms in total. The zero-order valence-electron chi connectivity index (χ0n) is 17.0. The van der Waals surface area contributed by atoms with Crippen LogP contribution in [0.3, 0.4) is 0 Å². The van der Waals surface area contributed by atoms with Crippen LogP contribution in [-0.4, -0.2) is 73.6 Å². The molecule has 1 saturated heterocycles. The van der Waals surface area contributed by atoms with Gasteiger partial charge in [0, 0.05) is 38.8 Å². The van der Waals surface area contributed by atoms with Crippen LogP contribution in [0.1, 0.15) is 0 Å². The van der Waals surface area contributed by atoms with E-state index < -0.39 is 4.92 Å². The third-order valence-corrected chi connectivity index (χ3v) is 4.92. The second kappa shape index (κ2) is 10.6. The summed E-state index contributed by atoms with van der Waals surface area (Å²) >= 11 is 0. The molecular weight excluding hydrogens is 388 g/mol. The van der Waals surface area contributed by atoms with Crippen molar-refractivity contribution >= 4 is 17.3 Å². The first-order chi connectivity index (χ1) is 14.5. The average Bonchev–Trinajstić information content (AvgIpc) is 2.76. The number of piperazine rings is 1. The smallest absolute Gasteiger partial charge is 0.273 e. The number of benzene rings is 2. The molecule has 0 atom stereocenters. The second-order valence-electron chi connectivity index (χ2n) is 6.97. The number of nitro benzene ring substituents is 1. The molecule has 0 saturated carbocycles. The number of non-ortho nitro benzene ring substituents is 1. The van der Waals surface area contributed by atoms with E-state index >= 15 is 0 Å². The first kappa shape index (κ1) is 21.5. The molecule has 160 valence electrons. The van der Waals surface area contributed by atoms with E-state index in [4.69, 9.17) is 9.47 Å². The maximum Gasteiger partial charge on any atom is 0.273 e. The molecule has 1 amide bonds. The Labute approximate surface area is 175 Å². The molecule has 0 aromatic heterocycles. The Morgan fingerprint density at radius 3 is 2.47 bits per heavy atom. The second-order valence-corrected chi connectivity index (χ2v) is 6.97. The van der Waals surface area contributed by atoms with Crippen LogP contribution in [-0.2, 0) is 4.79 Å². The van der Waals surface area contributed by atoms with Gasteiger partial charge < -0.3 is 14.8 Å². The number of rotatable bonds is 9. The summed E-state index contributed by atoms with van der Waals surface area (Å²) in [7, 11) is 1.41. The zero-order chi connectivity index (χ0) is 21.3. The zero-order valence-corrected chi connectivity index (χ0v) is 17.0. The lowest BCUT2D eigenvalue weighted by atomic mass is 10.2. The fraction of sp³-hybridized carbons (Fsp3) is 0.381. The van der Waals surface area contributed by atoms with Crippen molar-refractivity contribution in [3.05, 3.63) is 58.6 Å². The van der Waals surface area contributed by atoms with Crippen LogP contribution in [0.2, 0.25) is 0 Å². The SMILES string of the molecule is COc1cc([N+](=O)[O-])ccc1NC(=O)CN1CCN(CCOc2ccccc2)CC1. The molecule has 1 fully saturated rings. The number of para-hydroxylation sites is 1. The van der Waals surface area contributed by atoms with E-state index in [0.29, 0.717) is 12.3 Å². The molecule has 3 rings (SSSR count). The molecule has 1 aliphatic rings. The summed E-state index contributed by atoms with van der Waals surface area (Å²) in [5.74, 6) is 0.957. The highest BCUT2D eigenvalue weighted by Gasteiger charge is 2.20. The minimum atomic E-state index is -0.501. The normalized spacial score (nSPS) is 14.8. The molecule has 9 heteroatoms. The third kappa shape index (κ3) is 6.16. The Morgan fingerprint density at radius 2 is 1.80 bits per heavy atom. The van der Waals surface area contributed by atoms with Crippen molar-refractivity contribution in [2.24, 2.45) is 0 Å². The quantitative estimate of drug-likeness (QED) is 0.496. The van der Waals surface area contributed by atoms with Crippen LogP contribution in [0.4, 0.5) is 11.4 Å². The molecule has 0 radical (unpaired) electrons. The Hall–Kier alpha value is -3.17. The topological polar surface area (TPSA) is 97.2 Å². The number of nitro groups is 1. The van der Waals surface area contributed by atoms with Gasteiger partial charge >= 0.3 is 0 Å². The van der Waals surface area contributed by atoms with Crippen molar-refractivity contribution in [2.45, 2.75) is 0 Å². The van der Waals surface area contributed by atoms with E-state index in [1.165, 1.54) is 25.3 Å². The number of methoxy groups -OCH3 is 1. The summed E-state index contributed by atoms with van der Waals surface area (Å²) in [4.78, 5) is 27.2. The fourth-order valence-electron chi connectivity index (χ4n) is 3.27. The van der Waals surface area contributed by atoms with Crippen molar-refractivity contribution in [3.8, 4) is 11.5 Å². The molecule has 0 aliphatic carbocycles. The average molecular weight is 414 g/mol. The van der Waals surface area contributed by atoms with E-state index in [9.17, 15) is 14.9 Å². The number of ether oxygens (including phenoxy) is 2. The summed E-state index contributed by atoms with van der Waals surface area (Å²) in [5.41, 5.74) is 0.335. The summed E-state index contributed by atoms with van der Waals surface area (Å²) in [6.07, 6.45) is 0. The van der Waals surface area contributed by atoms with Crippen molar-refractivity contribution in [2.75, 3.05) is 58.3 Å². The number of hydrogen-bond acceptors (Lipinski definition) is 7. The van der Waals surface area contributed by atoms with Gasteiger partial charge in [0.25, 0.3) is 5.69 Å². The number of nitrogens with zero attached hydrogens (tertiary/aromatic N) is 3. The van der Waals surface area contributed by atoms with Gasteiger partial charge in [0.05, 0.1) is 30.3 Å². The summed E-state index contributed by atoms with van der Waals surface area (Å²) in [6, 6.07) is 13.9. The van der Waals surface area contributed by atoms with Gasteiger partial charge in [0.1, 0.15) is 18.1 Å². The number of hydrogen-bond donors (Lipinski definition) is 1. The minimum Gasteiger partial charge on any atom is -0.494 e. The van der Waals surface area contributed by atoms with E-state index in [1.807, 2.05) is 30.3 Å². The molecule has 2 aromatic rings. The van der Waals surface area contributed by atoms with E-state index in [-0.39, 0.29) is 23.9 Å².